The van der Waals surface area contributed by atoms with Crippen molar-refractivity contribution in [3.05, 3.63) is 101 Å². The maximum absolute atomic E-state index is 13.2. The van der Waals surface area contributed by atoms with E-state index in [1.54, 1.807) is 54.6 Å². The van der Waals surface area contributed by atoms with Gasteiger partial charge in [0.15, 0.2) is 0 Å². The van der Waals surface area contributed by atoms with Gasteiger partial charge >= 0.3 is 5.97 Å². The maximum Gasteiger partial charge on any atom is 0.340 e. The van der Waals surface area contributed by atoms with E-state index in [0.717, 1.165) is 4.90 Å². The first-order chi connectivity index (χ1) is 17.4. The highest BCUT2D eigenvalue weighted by atomic mass is 35.5. The van der Waals surface area contributed by atoms with E-state index in [1.165, 1.54) is 18.2 Å². The molecule has 3 aromatic rings. The Kier molecular flexibility index (Phi) is 7.46. The second-order valence-electron chi connectivity index (χ2n) is 7.81. The number of halogens is 1. The standard InChI is InChI=1S/C27H22ClN3O5/c1-2-15-36-27(35)20-13-6-7-14-21(20)31-25(33)22(28)23(26(31)34)29-19-12-8-9-17(16-19)24(32)30-18-10-4-3-5-11-18/h3-14,16,29H,2,15H2,1H3,(H,30,32). The molecule has 1 aliphatic heterocycles. The monoisotopic (exact) mass is 503 g/mol. The molecule has 0 fully saturated rings. The Morgan fingerprint density at radius 1 is 0.889 bits per heavy atom. The maximum atomic E-state index is 13.2. The quantitative estimate of drug-likeness (QED) is 0.333. The van der Waals surface area contributed by atoms with Gasteiger partial charge in [-0.05, 0) is 48.9 Å². The minimum atomic E-state index is -0.780. The lowest BCUT2D eigenvalue weighted by atomic mass is 10.1. The van der Waals surface area contributed by atoms with E-state index < -0.39 is 17.8 Å². The molecular formula is C27H22ClN3O5. The van der Waals surface area contributed by atoms with E-state index in [-0.39, 0.29) is 34.5 Å². The van der Waals surface area contributed by atoms with Gasteiger partial charge in [-0.15, -0.1) is 0 Å². The molecule has 4 rings (SSSR count). The van der Waals surface area contributed by atoms with Gasteiger partial charge in [0.05, 0.1) is 17.9 Å². The van der Waals surface area contributed by atoms with Crippen molar-refractivity contribution in [2.45, 2.75) is 13.3 Å². The van der Waals surface area contributed by atoms with Crippen LogP contribution >= 0.6 is 11.6 Å². The highest BCUT2D eigenvalue weighted by Gasteiger charge is 2.40. The Morgan fingerprint density at radius 3 is 2.33 bits per heavy atom. The van der Waals surface area contributed by atoms with Gasteiger partial charge in [-0.3, -0.25) is 14.4 Å². The molecule has 0 aliphatic carbocycles. The van der Waals surface area contributed by atoms with Crippen molar-refractivity contribution in [1.82, 2.24) is 0 Å². The van der Waals surface area contributed by atoms with Crippen LogP contribution in [-0.4, -0.2) is 30.3 Å². The first-order valence-electron chi connectivity index (χ1n) is 11.2. The molecule has 8 nitrogen and oxygen atoms in total. The predicted molar refractivity (Wildman–Crippen MR) is 137 cm³/mol. The van der Waals surface area contributed by atoms with Crippen molar-refractivity contribution in [2.75, 3.05) is 22.1 Å². The number of benzene rings is 3. The first kappa shape index (κ1) is 24.7. The molecule has 0 saturated heterocycles. The van der Waals surface area contributed by atoms with Crippen LogP contribution < -0.4 is 15.5 Å². The molecule has 0 atom stereocenters. The van der Waals surface area contributed by atoms with Crippen molar-refractivity contribution >= 4 is 52.4 Å². The number of hydrogen-bond acceptors (Lipinski definition) is 6. The van der Waals surface area contributed by atoms with E-state index in [4.69, 9.17) is 16.3 Å². The van der Waals surface area contributed by atoms with Gasteiger partial charge in [-0.1, -0.05) is 54.9 Å². The normalized spacial score (nSPS) is 13.1. The zero-order valence-corrected chi connectivity index (χ0v) is 20.0. The van der Waals surface area contributed by atoms with Crippen LogP contribution in [0, 0.1) is 0 Å². The van der Waals surface area contributed by atoms with Crippen LogP contribution in [0.1, 0.15) is 34.1 Å². The number of para-hydroxylation sites is 2. The zero-order valence-electron chi connectivity index (χ0n) is 19.3. The third-order valence-corrected chi connectivity index (χ3v) is 5.61. The summed E-state index contributed by atoms with van der Waals surface area (Å²) < 4.78 is 5.19. The van der Waals surface area contributed by atoms with Gasteiger partial charge < -0.3 is 15.4 Å². The summed E-state index contributed by atoms with van der Waals surface area (Å²) in [4.78, 5) is 52.2. The average molecular weight is 504 g/mol. The van der Waals surface area contributed by atoms with Gasteiger partial charge in [0.2, 0.25) is 0 Å². The van der Waals surface area contributed by atoms with E-state index in [2.05, 4.69) is 10.6 Å². The van der Waals surface area contributed by atoms with Gasteiger partial charge in [0, 0.05) is 16.9 Å². The second-order valence-corrected chi connectivity index (χ2v) is 8.19. The average Bonchev–Trinajstić information content (AvgIpc) is 3.10. The molecule has 3 aromatic carbocycles. The second kappa shape index (κ2) is 10.9. The number of anilines is 3. The van der Waals surface area contributed by atoms with E-state index in [0.29, 0.717) is 23.4 Å². The van der Waals surface area contributed by atoms with Crippen molar-refractivity contribution in [1.29, 1.82) is 0 Å². The number of carbonyl (C=O) groups is 4. The Bertz CT molecular complexity index is 1370. The fraction of sp³-hybridized carbons (Fsp3) is 0.111. The van der Waals surface area contributed by atoms with E-state index in [1.807, 2.05) is 13.0 Å². The minimum Gasteiger partial charge on any atom is -0.462 e. The van der Waals surface area contributed by atoms with Crippen molar-refractivity contribution in [2.24, 2.45) is 0 Å². The van der Waals surface area contributed by atoms with E-state index in [9.17, 15) is 19.2 Å². The lowest BCUT2D eigenvalue weighted by Gasteiger charge is -2.18. The number of amides is 3. The third-order valence-electron chi connectivity index (χ3n) is 5.26. The molecule has 0 saturated carbocycles. The number of nitrogens with zero attached hydrogens (tertiary/aromatic N) is 1. The Hall–Kier alpha value is -4.43. The molecule has 0 spiro atoms. The molecule has 2 N–H and O–H groups in total. The van der Waals surface area contributed by atoms with Gasteiger partial charge in [-0.2, -0.15) is 0 Å². The summed E-state index contributed by atoms with van der Waals surface area (Å²) >= 11 is 6.25. The van der Waals surface area contributed by atoms with Crippen LogP contribution in [0.2, 0.25) is 0 Å². The van der Waals surface area contributed by atoms with Crippen LogP contribution in [0.4, 0.5) is 17.1 Å². The smallest absolute Gasteiger partial charge is 0.340 e. The fourth-order valence-corrected chi connectivity index (χ4v) is 3.76. The lowest BCUT2D eigenvalue weighted by molar-refractivity contribution is -0.120. The number of carbonyl (C=O) groups excluding carboxylic acids is 4. The summed E-state index contributed by atoms with van der Waals surface area (Å²) in [7, 11) is 0. The largest absolute Gasteiger partial charge is 0.462 e. The van der Waals surface area contributed by atoms with Gasteiger partial charge in [0.1, 0.15) is 10.7 Å². The summed E-state index contributed by atoms with van der Waals surface area (Å²) in [6.45, 7) is 2.06. The molecule has 0 bridgehead atoms. The number of rotatable bonds is 8. The lowest BCUT2D eigenvalue weighted by Crippen LogP contribution is -2.33. The molecule has 0 radical (unpaired) electrons. The van der Waals surface area contributed by atoms with Crippen molar-refractivity contribution < 1.29 is 23.9 Å². The topological polar surface area (TPSA) is 105 Å². The van der Waals surface area contributed by atoms with E-state index >= 15 is 0 Å². The number of ether oxygens (including phenoxy) is 1. The molecule has 9 heteroatoms. The summed E-state index contributed by atoms with van der Waals surface area (Å²) in [5.74, 6) is -2.51. The van der Waals surface area contributed by atoms with Crippen LogP contribution in [0.15, 0.2) is 89.6 Å². The van der Waals surface area contributed by atoms with Crippen LogP contribution in [-0.2, 0) is 14.3 Å². The van der Waals surface area contributed by atoms with Gasteiger partial charge in [-0.25, -0.2) is 9.69 Å². The fourth-order valence-electron chi connectivity index (χ4n) is 3.55. The minimum absolute atomic E-state index is 0.0675. The Morgan fingerprint density at radius 2 is 1.58 bits per heavy atom. The third kappa shape index (κ3) is 5.13. The summed E-state index contributed by atoms with van der Waals surface area (Å²) in [6, 6.07) is 21.5. The highest BCUT2D eigenvalue weighted by molar-refractivity contribution is 6.53. The first-order valence-corrected chi connectivity index (χ1v) is 11.6. The summed E-state index contributed by atoms with van der Waals surface area (Å²) in [5.41, 5.74) is 1.31. The highest BCUT2D eigenvalue weighted by Crippen LogP contribution is 2.32. The molecule has 3 amide bonds. The zero-order chi connectivity index (χ0) is 25.7. The van der Waals surface area contributed by atoms with Crippen LogP contribution in [0.25, 0.3) is 0 Å². The molecular weight excluding hydrogens is 482 g/mol. The predicted octanol–water partition coefficient (Wildman–Crippen LogP) is 4.94. The Balaban J connectivity index is 1.56. The van der Waals surface area contributed by atoms with Crippen LogP contribution in [0.5, 0.6) is 0 Å². The SMILES string of the molecule is CCCOC(=O)c1ccccc1N1C(=O)C(Cl)=C(Nc2cccc(C(=O)Nc3ccccc3)c2)C1=O. The molecule has 36 heavy (non-hydrogen) atoms. The molecule has 182 valence electrons. The number of imide groups is 1. The molecule has 1 heterocycles. The number of hydrogen-bond donors (Lipinski definition) is 2. The molecule has 0 aromatic heterocycles. The summed E-state index contributed by atoms with van der Waals surface area (Å²) in [5, 5.41) is 5.30. The van der Waals surface area contributed by atoms with Crippen LogP contribution in [0.3, 0.4) is 0 Å². The summed E-state index contributed by atoms with van der Waals surface area (Å²) in [6.07, 6.45) is 0.624. The van der Waals surface area contributed by atoms with Crippen molar-refractivity contribution in [3.8, 4) is 0 Å². The van der Waals surface area contributed by atoms with Gasteiger partial charge in [0.25, 0.3) is 17.7 Å². The Labute approximate surface area is 212 Å². The molecule has 0 unspecified atom stereocenters. The number of nitrogens with one attached hydrogen (secondary N) is 2. The molecule has 1 aliphatic rings. The number of esters is 1. The van der Waals surface area contributed by atoms with Crippen molar-refractivity contribution in [3.63, 3.8) is 0 Å².